The molecule has 5 N–H and O–H groups in total. The van der Waals surface area contributed by atoms with Crippen molar-refractivity contribution in [3.8, 4) is 0 Å². The van der Waals surface area contributed by atoms with Crippen molar-refractivity contribution in [2.75, 3.05) is 13.1 Å². The normalized spacial score (nSPS) is 13.4. The summed E-state index contributed by atoms with van der Waals surface area (Å²) >= 11 is 0. The Balaban J connectivity index is 2.04. The van der Waals surface area contributed by atoms with Crippen LogP contribution in [-0.2, 0) is 4.79 Å². The summed E-state index contributed by atoms with van der Waals surface area (Å²) in [5.74, 6) is -0.0226. The highest BCUT2D eigenvalue weighted by molar-refractivity contribution is 5.78. The topological polar surface area (TPSA) is 106 Å². The highest BCUT2D eigenvalue weighted by Crippen LogP contribution is 2.09. The third-order valence-electron chi connectivity index (χ3n) is 2.12. The molecule has 1 aliphatic rings. The van der Waals surface area contributed by atoms with Crippen LogP contribution in [0.3, 0.4) is 0 Å². The van der Waals surface area contributed by atoms with E-state index in [4.69, 9.17) is 11.5 Å². The smallest absolute Gasteiger partial charge is 0.221 e. The van der Waals surface area contributed by atoms with E-state index in [9.17, 15) is 4.79 Å². The zero-order valence-corrected chi connectivity index (χ0v) is 9.15. The summed E-state index contributed by atoms with van der Waals surface area (Å²) in [6.45, 7) is 0.968. The first-order valence-electron chi connectivity index (χ1n) is 5.20. The molecule has 0 saturated heterocycles. The number of guanidine groups is 1. The van der Waals surface area contributed by atoms with Gasteiger partial charge in [0.25, 0.3) is 0 Å². The average molecular weight is 223 g/mol. The van der Waals surface area contributed by atoms with E-state index < -0.39 is 0 Å². The van der Waals surface area contributed by atoms with Crippen LogP contribution in [0.25, 0.3) is 0 Å². The van der Waals surface area contributed by atoms with Gasteiger partial charge in [-0.05, 0) is 12.0 Å². The van der Waals surface area contributed by atoms with Gasteiger partial charge < -0.3 is 16.8 Å². The molecular weight excluding hydrogens is 206 g/mol. The van der Waals surface area contributed by atoms with Crippen molar-refractivity contribution in [1.29, 1.82) is 0 Å². The first kappa shape index (κ1) is 12.2. The predicted molar refractivity (Wildman–Crippen MR) is 64.1 cm³/mol. The van der Waals surface area contributed by atoms with Gasteiger partial charge in [0.1, 0.15) is 0 Å². The van der Waals surface area contributed by atoms with Gasteiger partial charge in [-0.3, -0.25) is 14.8 Å². The molecule has 0 aromatic carbocycles. The van der Waals surface area contributed by atoms with E-state index in [2.05, 4.69) is 15.3 Å². The Bertz CT molecular complexity index is 328. The molecule has 0 spiro atoms. The van der Waals surface area contributed by atoms with Crippen molar-refractivity contribution in [2.45, 2.75) is 19.3 Å². The molecule has 0 bridgehead atoms. The highest BCUT2D eigenvalue weighted by Gasteiger charge is 2.03. The van der Waals surface area contributed by atoms with Gasteiger partial charge in [0.05, 0.1) is 6.54 Å². The van der Waals surface area contributed by atoms with Crippen molar-refractivity contribution < 1.29 is 4.79 Å². The summed E-state index contributed by atoms with van der Waals surface area (Å²) in [7, 11) is 0. The van der Waals surface area contributed by atoms with Crippen LogP contribution < -0.4 is 16.8 Å². The van der Waals surface area contributed by atoms with E-state index >= 15 is 0 Å². The largest absolute Gasteiger partial charge is 0.370 e. The second-order valence-corrected chi connectivity index (χ2v) is 3.48. The number of carbonyl (C=O) groups excluding carboxylic acids is 1. The molecule has 88 valence electrons. The molecule has 6 heteroatoms. The zero-order valence-electron chi connectivity index (χ0n) is 9.15. The Morgan fingerprint density at radius 3 is 3.00 bits per heavy atom. The Morgan fingerprint density at radius 1 is 1.56 bits per heavy atom. The molecule has 1 amide bonds. The van der Waals surface area contributed by atoms with Crippen LogP contribution in [-0.4, -0.2) is 31.2 Å². The van der Waals surface area contributed by atoms with Gasteiger partial charge in [-0.15, -0.1) is 0 Å². The number of nitrogens with one attached hydrogen (secondary N) is 1. The van der Waals surface area contributed by atoms with Gasteiger partial charge in [0.2, 0.25) is 5.91 Å². The van der Waals surface area contributed by atoms with Crippen LogP contribution in [0.1, 0.15) is 19.3 Å². The van der Waals surface area contributed by atoms with Gasteiger partial charge in [0.15, 0.2) is 5.96 Å². The number of nitrogens with zero attached hydrogens (tertiary/aromatic N) is 2. The summed E-state index contributed by atoms with van der Waals surface area (Å²) in [5, 5.41) is 2.80. The molecule has 0 radical (unpaired) electrons. The lowest BCUT2D eigenvalue weighted by Crippen LogP contribution is -2.27. The zero-order chi connectivity index (χ0) is 11.8. The van der Waals surface area contributed by atoms with Crippen molar-refractivity contribution in [2.24, 2.45) is 21.5 Å². The summed E-state index contributed by atoms with van der Waals surface area (Å²) in [6, 6.07) is 0. The first-order chi connectivity index (χ1) is 7.68. The number of carbonyl (C=O) groups is 1. The Kier molecular flexibility index (Phi) is 5.04. The van der Waals surface area contributed by atoms with E-state index in [1.54, 1.807) is 0 Å². The lowest BCUT2D eigenvalue weighted by molar-refractivity contribution is -0.120. The first-order valence-corrected chi connectivity index (χ1v) is 5.20. The van der Waals surface area contributed by atoms with E-state index in [0.29, 0.717) is 19.5 Å². The predicted octanol–water partition coefficient (Wildman–Crippen LogP) is -0.485. The average Bonchev–Trinajstić information content (AvgIpc) is 2.70. The summed E-state index contributed by atoms with van der Waals surface area (Å²) in [6.07, 6.45) is 5.74. The minimum atomic E-state index is -0.0375. The van der Waals surface area contributed by atoms with Gasteiger partial charge >= 0.3 is 0 Å². The molecule has 1 heterocycles. The van der Waals surface area contributed by atoms with Crippen LogP contribution in [0.4, 0.5) is 0 Å². The number of amides is 1. The molecule has 0 fully saturated rings. The summed E-state index contributed by atoms with van der Waals surface area (Å²) in [4.78, 5) is 19.0. The van der Waals surface area contributed by atoms with Crippen molar-refractivity contribution in [3.63, 3.8) is 0 Å². The van der Waals surface area contributed by atoms with E-state index in [1.807, 2.05) is 12.4 Å². The van der Waals surface area contributed by atoms with Crippen molar-refractivity contribution in [1.82, 2.24) is 5.32 Å². The Morgan fingerprint density at radius 2 is 2.38 bits per heavy atom. The molecular formula is C10H17N5O. The fraction of sp³-hybridized carbons (Fsp3) is 0.500. The summed E-state index contributed by atoms with van der Waals surface area (Å²) < 4.78 is 0. The van der Waals surface area contributed by atoms with Crippen molar-refractivity contribution >= 4 is 18.1 Å². The quantitative estimate of drug-likeness (QED) is 0.418. The monoisotopic (exact) mass is 223 g/mol. The number of hydrogen-bond donors (Lipinski definition) is 3. The maximum atomic E-state index is 11.3. The van der Waals surface area contributed by atoms with Gasteiger partial charge in [-0.1, -0.05) is 0 Å². The van der Waals surface area contributed by atoms with Crippen LogP contribution in [0.5, 0.6) is 0 Å². The number of aliphatic imine (C=N–C) groups is 2. The second kappa shape index (κ2) is 6.60. The molecule has 0 unspecified atom stereocenters. The molecule has 0 aliphatic carbocycles. The molecule has 1 rings (SSSR count). The molecule has 6 nitrogen and oxygen atoms in total. The van der Waals surface area contributed by atoms with Gasteiger partial charge in [-0.25, -0.2) is 0 Å². The minimum absolute atomic E-state index is 0.0149. The summed E-state index contributed by atoms with van der Waals surface area (Å²) in [5.41, 5.74) is 11.5. The van der Waals surface area contributed by atoms with Crippen molar-refractivity contribution in [3.05, 3.63) is 11.8 Å². The molecule has 1 aliphatic heterocycles. The molecule has 0 aromatic heterocycles. The number of rotatable bonds is 6. The Hall–Kier alpha value is -1.85. The van der Waals surface area contributed by atoms with E-state index in [1.165, 1.54) is 5.57 Å². The fourth-order valence-electron chi connectivity index (χ4n) is 1.28. The maximum Gasteiger partial charge on any atom is 0.221 e. The van der Waals surface area contributed by atoms with Crippen LogP contribution in [0, 0.1) is 0 Å². The SMILES string of the molecule is NC(N)=NCCC(=O)NCCC1=CN=CC1. The molecule has 0 atom stereocenters. The third kappa shape index (κ3) is 5.14. The Labute approximate surface area is 94.5 Å². The van der Waals surface area contributed by atoms with Crippen LogP contribution >= 0.6 is 0 Å². The van der Waals surface area contributed by atoms with E-state index in [-0.39, 0.29) is 11.9 Å². The van der Waals surface area contributed by atoms with E-state index in [0.717, 1.165) is 12.8 Å². The number of nitrogens with two attached hydrogens (primary N) is 2. The number of hydrogen-bond acceptors (Lipinski definition) is 3. The van der Waals surface area contributed by atoms with Gasteiger partial charge in [-0.2, -0.15) is 0 Å². The van der Waals surface area contributed by atoms with Crippen LogP contribution in [0.15, 0.2) is 21.8 Å². The fourth-order valence-corrected chi connectivity index (χ4v) is 1.28. The highest BCUT2D eigenvalue weighted by atomic mass is 16.1. The third-order valence-corrected chi connectivity index (χ3v) is 2.12. The lowest BCUT2D eigenvalue weighted by atomic mass is 10.2. The maximum absolute atomic E-state index is 11.3. The molecule has 16 heavy (non-hydrogen) atoms. The molecule has 0 saturated carbocycles. The molecule has 0 aromatic rings. The standard InChI is InChI=1S/C10H17N5O/c11-10(12)15-6-3-9(16)14-5-2-8-1-4-13-7-8/h4,7H,1-3,5-6H2,(H,14,16)(H4,11,12,15). The van der Waals surface area contributed by atoms with Gasteiger partial charge in [0, 0.05) is 31.8 Å². The lowest BCUT2D eigenvalue weighted by Gasteiger charge is -2.04. The second-order valence-electron chi connectivity index (χ2n) is 3.48. The minimum Gasteiger partial charge on any atom is -0.370 e. The van der Waals surface area contributed by atoms with Crippen LogP contribution in [0.2, 0.25) is 0 Å².